The van der Waals surface area contributed by atoms with Gasteiger partial charge < -0.3 is 15.5 Å². The predicted octanol–water partition coefficient (Wildman–Crippen LogP) is 1.64. The molecule has 17 heavy (non-hydrogen) atoms. The van der Waals surface area contributed by atoms with Crippen LogP contribution in [0.15, 0.2) is 0 Å². The molecule has 3 nitrogen and oxygen atoms in total. The Labute approximate surface area is 107 Å². The molecule has 0 aromatic heterocycles. The first-order valence-electron chi connectivity index (χ1n) is 7.04. The van der Waals surface area contributed by atoms with Gasteiger partial charge in [-0.15, -0.1) is 0 Å². The molecule has 3 heteroatoms. The minimum atomic E-state index is 0.579. The van der Waals surface area contributed by atoms with E-state index in [4.69, 9.17) is 5.73 Å². The van der Waals surface area contributed by atoms with Crippen LogP contribution in [0.5, 0.6) is 0 Å². The first-order chi connectivity index (χ1) is 7.97. The average Bonchev–Trinajstić information content (AvgIpc) is 2.94. The van der Waals surface area contributed by atoms with E-state index in [9.17, 15) is 0 Å². The molecule has 102 valence electrons. The average molecular weight is 241 g/mol. The Balaban J connectivity index is 2.39. The highest BCUT2D eigenvalue weighted by Gasteiger charge is 2.42. The summed E-state index contributed by atoms with van der Waals surface area (Å²) in [6.07, 6.45) is 3.99. The number of hydrogen-bond donors (Lipinski definition) is 1. The highest BCUT2D eigenvalue weighted by atomic mass is 15.2. The first kappa shape index (κ1) is 14.9. The monoisotopic (exact) mass is 241 g/mol. The fourth-order valence-corrected chi connectivity index (χ4v) is 2.54. The van der Waals surface area contributed by atoms with Crippen molar-refractivity contribution in [1.29, 1.82) is 0 Å². The second-order valence-corrected chi connectivity index (χ2v) is 6.47. The van der Waals surface area contributed by atoms with Gasteiger partial charge in [-0.1, -0.05) is 13.8 Å². The molecule has 1 rings (SSSR count). The van der Waals surface area contributed by atoms with E-state index in [1.165, 1.54) is 38.9 Å². The van der Waals surface area contributed by atoms with Crippen molar-refractivity contribution < 1.29 is 0 Å². The van der Waals surface area contributed by atoms with Crippen LogP contribution < -0.4 is 5.73 Å². The fourth-order valence-electron chi connectivity index (χ4n) is 2.54. The molecule has 0 aromatic rings. The summed E-state index contributed by atoms with van der Waals surface area (Å²) in [6.45, 7) is 10.3. The maximum atomic E-state index is 5.73. The molecule has 0 saturated heterocycles. The van der Waals surface area contributed by atoms with Gasteiger partial charge in [0.2, 0.25) is 0 Å². The zero-order valence-electron chi connectivity index (χ0n) is 12.2. The Hall–Kier alpha value is -0.120. The SMILES string of the molecule is CC(C)CN(CCN(C)C)CC1(CCN)CC1. The molecule has 2 N–H and O–H groups in total. The van der Waals surface area contributed by atoms with E-state index >= 15 is 0 Å². The molecule has 1 aliphatic carbocycles. The normalized spacial score (nSPS) is 18.4. The molecular formula is C14H31N3. The lowest BCUT2D eigenvalue weighted by molar-refractivity contribution is 0.177. The minimum Gasteiger partial charge on any atom is -0.330 e. The third kappa shape index (κ3) is 5.84. The van der Waals surface area contributed by atoms with Crippen molar-refractivity contribution >= 4 is 0 Å². The van der Waals surface area contributed by atoms with Crippen LogP contribution in [0.2, 0.25) is 0 Å². The Morgan fingerprint density at radius 3 is 2.24 bits per heavy atom. The summed E-state index contributed by atoms with van der Waals surface area (Å²) < 4.78 is 0. The molecule has 0 amide bonds. The minimum absolute atomic E-state index is 0.579. The molecule has 0 spiro atoms. The number of nitrogens with two attached hydrogens (primary N) is 1. The van der Waals surface area contributed by atoms with Gasteiger partial charge in [-0.2, -0.15) is 0 Å². The lowest BCUT2D eigenvalue weighted by Gasteiger charge is -2.29. The van der Waals surface area contributed by atoms with Gasteiger partial charge in [0.1, 0.15) is 0 Å². The van der Waals surface area contributed by atoms with Gasteiger partial charge in [0.05, 0.1) is 0 Å². The van der Waals surface area contributed by atoms with E-state index in [0.717, 1.165) is 19.0 Å². The summed E-state index contributed by atoms with van der Waals surface area (Å²) in [7, 11) is 4.31. The van der Waals surface area contributed by atoms with Crippen molar-refractivity contribution in [1.82, 2.24) is 9.80 Å². The lowest BCUT2D eigenvalue weighted by atomic mass is 10.0. The van der Waals surface area contributed by atoms with Crippen LogP contribution in [0.1, 0.15) is 33.1 Å². The molecule has 0 heterocycles. The molecular weight excluding hydrogens is 210 g/mol. The zero-order chi connectivity index (χ0) is 12.9. The van der Waals surface area contributed by atoms with Crippen LogP contribution >= 0.6 is 0 Å². The van der Waals surface area contributed by atoms with Gasteiger partial charge in [0, 0.05) is 26.2 Å². The predicted molar refractivity (Wildman–Crippen MR) is 75.2 cm³/mol. The van der Waals surface area contributed by atoms with Crippen LogP contribution in [-0.4, -0.2) is 56.6 Å². The van der Waals surface area contributed by atoms with Crippen LogP contribution in [0, 0.1) is 11.3 Å². The maximum absolute atomic E-state index is 5.73. The number of hydrogen-bond acceptors (Lipinski definition) is 3. The van der Waals surface area contributed by atoms with Gasteiger partial charge in [-0.25, -0.2) is 0 Å². The van der Waals surface area contributed by atoms with Crippen molar-refractivity contribution in [2.24, 2.45) is 17.1 Å². The number of likely N-dealkylation sites (N-methyl/N-ethyl adjacent to an activating group) is 1. The van der Waals surface area contributed by atoms with Crippen molar-refractivity contribution in [2.45, 2.75) is 33.1 Å². The van der Waals surface area contributed by atoms with Gasteiger partial charge in [-0.3, -0.25) is 0 Å². The molecule has 0 aliphatic heterocycles. The largest absolute Gasteiger partial charge is 0.330 e. The summed E-state index contributed by atoms with van der Waals surface area (Å²) in [5, 5.41) is 0. The fraction of sp³-hybridized carbons (Fsp3) is 1.00. The first-order valence-corrected chi connectivity index (χ1v) is 7.04. The Kier molecular flexibility index (Phi) is 5.90. The Morgan fingerprint density at radius 2 is 1.82 bits per heavy atom. The molecule has 0 radical (unpaired) electrons. The van der Waals surface area contributed by atoms with E-state index in [0.29, 0.717) is 5.41 Å². The summed E-state index contributed by atoms with van der Waals surface area (Å²) in [4.78, 5) is 4.92. The van der Waals surface area contributed by atoms with Crippen molar-refractivity contribution in [2.75, 3.05) is 46.8 Å². The summed E-state index contributed by atoms with van der Waals surface area (Å²) in [5.41, 5.74) is 6.31. The number of nitrogens with zero attached hydrogens (tertiary/aromatic N) is 2. The Bertz CT molecular complexity index is 210. The molecule has 1 fully saturated rings. The van der Waals surface area contributed by atoms with E-state index in [1.807, 2.05) is 0 Å². The highest BCUT2D eigenvalue weighted by molar-refractivity contribution is 4.95. The molecule has 1 aliphatic rings. The maximum Gasteiger partial charge on any atom is 0.0109 e. The quantitative estimate of drug-likeness (QED) is 0.666. The van der Waals surface area contributed by atoms with Crippen LogP contribution in [0.3, 0.4) is 0 Å². The van der Waals surface area contributed by atoms with E-state index in [2.05, 4.69) is 37.7 Å². The van der Waals surface area contributed by atoms with Gasteiger partial charge >= 0.3 is 0 Å². The molecule has 0 unspecified atom stereocenters. The smallest absolute Gasteiger partial charge is 0.0109 e. The van der Waals surface area contributed by atoms with Gasteiger partial charge in [-0.05, 0) is 51.2 Å². The molecule has 1 saturated carbocycles. The summed E-state index contributed by atoms with van der Waals surface area (Å²) in [6, 6.07) is 0. The van der Waals surface area contributed by atoms with Crippen LogP contribution in [0.4, 0.5) is 0 Å². The second kappa shape index (κ2) is 6.72. The number of rotatable bonds is 9. The molecule has 0 aromatic carbocycles. The third-order valence-corrected chi connectivity index (χ3v) is 3.68. The molecule has 0 bridgehead atoms. The highest BCUT2D eigenvalue weighted by Crippen LogP contribution is 2.49. The standard InChI is InChI=1S/C14H31N3/c1-13(2)11-17(10-9-16(3)4)12-14(5-6-14)7-8-15/h13H,5-12,15H2,1-4H3. The lowest BCUT2D eigenvalue weighted by Crippen LogP contribution is -2.38. The second-order valence-electron chi connectivity index (χ2n) is 6.47. The van der Waals surface area contributed by atoms with E-state index in [-0.39, 0.29) is 0 Å². The third-order valence-electron chi connectivity index (χ3n) is 3.68. The van der Waals surface area contributed by atoms with Gasteiger partial charge in [0.15, 0.2) is 0 Å². The summed E-state index contributed by atoms with van der Waals surface area (Å²) >= 11 is 0. The van der Waals surface area contributed by atoms with Crippen molar-refractivity contribution in [3.8, 4) is 0 Å². The van der Waals surface area contributed by atoms with Crippen molar-refractivity contribution in [3.05, 3.63) is 0 Å². The van der Waals surface area contributed by atoms with Crippen molar-refractivity contribution in [3.63, 3.8) is 0 Å². The van der Waals surface area contributed by atoms with Crippen LogP contribution in [0.25, 0.3) is 0 Å². The van der Waals surface area contributed by atoms with Crippen LogP contribution in [-0.2, 0) is 0 Å². The summed E-state index contributed by atoms with van der Waals surface area (Å²) in [5.74, 6) is 0.755. The Morgan fingerprint density at radius 1 is 1.18 bits per heavy atom. The van der Waals surface area contributed by atoms with E-state index in [1.54, 1.807) is 0 Å². The molecule has 0 atom stereocenters. The zero-order valence-corrected chi connectivity index (χ0v) is 12.2. The van der Waals surface area contributed by atoms with E-state index < -0.39 is 0 Å². The van der Waals surface area contributed by atoms with Gasteiger partial charge in [0.25, 0.3) is 0 Å². The topological polar surface area (TPSA) is 32.5 Å².